The van der Waals surface area contributed by atoms with Crippen molar-refractivity contribution in [2.45, 2.75) is 366 Å². The SMILES string of the molecule is CC(=O)C(C)C.CC(C)=CCC(C)C.CC(C)C(=O)C(C)(C)C.CC(C)C(=O)CC(C)(C)C.CC(C)C(=O)OC(C)(C)C.CC(C)C(=O)c1ccccc1.CC(C)C1CC1.CC(C)CC1CC1.CC(C)CCC(C)C.CC(C)Cc1ccccc1.CCC(C)C.CCCC(C)C. The van der Waals surface area contributed by atoms with Gasteiger partial charge in [-0.25, -0.2) is 0 Å². The smallest absolute Gasteiger partial charge is 0.308 e. The van der Waals surface area contributed by atoms with Crippen molar-refractivity contribution in [2.24, 2.45) is 99.6 Å². The van der Waals surface area contributed by atoms with E-state index in [0.717, 1.165) is 64.7 Å². The fourth-order valence-corrected chi connectivity index (χ4v) is 7.53. The summed E-state index contributed by atoms with van der Waals surface area (Å²) < 4.78 is 5.06. The van der Waals surface area contributed by atoms with Crippen LogP contribution in [0.2, 0.25) is 0 Å². The topological polar surface area (TPSA) is 94.6 Å². The molecule has 96 heavy (non-hydrogen) atoms. The van der Waals surface area contributed by atoms with Crippen molar-refractivity contribution in [3.8, 4) is 0 Å². The maximum atomic E-state index is 11.3. The summed E-state index contributed by atoms with van der Waals surface area (Å²) in [6.07, 6.45) is 19.7. The summed E-state index contributed by atoms with van der Waals surface area (Å²) in [5, 5.41) is 0. The molecule has 0 N–H and O–H groups in total. The summed E-state index contributed by atoms with van der Waals surface area (Å²) in [5.41, 5.74) is 3.33. The molecule has 0 heterocycles. The van der Waals surface area contributed by atoms with E-state index >= 15 is 0 Å². The summed E-state index contributed by atoms with van der Waals surface area (Å²) in [7, 11) is 0. The number of carbonyl (C=O) groups excluding carboxylic acids is 5. The van der Waals surface area contributed by atoms with Crippen LogP contribution in [0.5, 0.6) is 0 Å². The number of rotatable bonds is 20. The number of hydrogen-bond acceptors (Lipinski definition) is 6. The molecule has 0 aliphatic heterocycles. The van der Waals surface area contributed by atoms with Crippen molar-refractivity contribution in [2.75, 3.05) is 0 Å². The number of allylic oxidation sites excluding steroid dienone is 2. The van der Waals surface area contributed by atoms with Gasteiger partial charge in [0.2, 0.25) is 0 Å². The predicted octanol–water partition coefficient (Wildman–Crippen LogP) is 28.6. The molecule has 2 aromatic rings. The molecule has 0 saturated heterocycles. The normalized spacial score (nSPS) is 12.3. The van der Waals surface area contributed by atoms with E-state index in [-0.39, 0.29) is 63.6 Å². The number of benzene rings is 2. The second kappa shape index (κ2) is 63.5. The van der Waals surface area contributed by atoms with Gasteiger partial charge in [0.15, 0.2) is 5.78 Å². The fourth-order valence-electron chi connectivity index (χ4n) is 7.53. The molecular weight excluding hydrogens is 1180 g/mol. The monoisotopic (exact) mass is 1350 g/mol. The molecule has 2 fully saturated rings. The average molecular weight is 1350 g/mol. The molecule has 6 heteroatoms. The minimum Gasteiger partial charge on any atom is -0.460 e. The van der Waals surface area contributed by atoms with Crippen LogP contribution in [0, 0.1) is 99.6 Å². The van der Waals surface area contributed by atoms with E-state index in [1.165, 1.54) is 88.2 Å². The summed E-state index contributed by atoms with van der Waals surface area (Å²) in [4.78, 5) is 54.7. The first-order valence-electron chi connectivity index (χ1n) is 38.6. The van der Waals surface area contributed by atoms with E-state index in [1.54, 1.807) is 6.92 Å². The van der Waals surface area contributed by atoms with Gasteiger partial charge in [0.05, 0.1) is 5.92 Å². The molecule has 2 aliphatic carbocycles. The lowest BCUT2D eigenvalue weighted by atomic mass is 9.85. The standard InChI is InChI=1S/C10H12O.C10H14.C9H18O.C8H16O2.C8H16O.C8H18.C8H16.C7H14.C6H12.C6H14.C5H10O.C5H12/c1-8(2)10(11)9-6-4-3-5-7-9;1-9(2)8-10-6-4-3-5-7-10;1-7(2)8(10)6-9(3,4)5;1-6(2)7(9)10-8(3,4)5;1-6(2)7(9)8(3,4)5;2*1-7(2)5-6-8(3)4;1-6(2)5-7-3-4-7;1-5(2)6-3-4-6;1-4-5-6(2)3;1-4(2)5(3)6;1-4-5(2)3/h3-8H,1-2H3;3-7,9H,8H2,1-2H3;7H,6H2,1-5H3;6H,1-5H3;6H,1-5H3;7-8H,5-6H2,1-4H3;5,8H,6H2,1-4H3;6-7H,3-5H2,1-2H3;5-6H,3-4H2,1-2H3;6H,4-5H2,1-3H3;4H,1-3H3;5H,4H2,1-3H3. The maximum Gasteiger partial charge on any atom is 0.308 e. The van der Waals surface area contributed by atoms with E-state index < -0.39 is 0 Å². The zero-order valence-electron chi connectivity index (χ0n) is 72.2. The Hall–Kier alpha value is -3.67. The van der Waals surface area contributed by atoms with Crippen molar-refractivity contribution in [3.63, 3.8) is 0 Å². The molecule has 568 valence electrons. The Balaban J connectivity index is -0.000000148. The molecular formula is C90H172O6. The maximum absolute atomic E-state index is 11.3. The molecule has 0 unspecified atom stereocenters. The van der Waals surface area contributed by atoms with Crippen LogP contribution in [0.3, 0.4) is 0 Å². The average Bonchev–Trinajstić information content (AvgIpc) is 2.13. The van der Waals surface area contributed by atoms with Gasteiger partial charge in [-0.1, -0.05) is 353 Å². The van der Waals surface area contributed by atoms with Crippen LogP contribution in [-0.2, 0) is 30.3 Å². The van der Waals surface area contributed by atoms with Crippen molar-refractivity contribution >= 4 is 29.1 Å². The largest absolute Gasteiger partial charge is 0.460 e. The lowest BCUT2D eigenvalue weighted by Crippen LogP contribution is -2.26. The van der Waals surface area contributed by atoms with Crippen molar-refractivity contribution in [1.82, 2.24) is 0 Å². The first-order valence-corrected chi connectivity index (χ1v) is 38.6. The van der Waals surface area contributed by atoms with Gasteiger partial charge < -0.3 is 4.74 Å². The minimum atomic E-state index is -0.346. The molecule has 2 aliphatic rings. The Labute approximate surface area is 603 Å². The second-order valence-electron chi connectivity index (χ2n) is 35.5. The summed E-state index contributed by atoms with van der Waals surface area (Å²) in [6.45, 7) is 83.3. The highest BCUT2D eigenvalue weighted by Gasteiger charge is 2.25. The Morgan fingerprint density at radius 2 is 0.865 bits per heavy atom. The van der Waals surface area contributed by atoms with Gasteiger partial charge in [-0.15, -0.1) is 0 Å². The van der Waals surface area contributed by atoms with Crippen LogP contribution < -0.4 is 0 Å². The van der Waals surface area contributed by atoms with Gasteiger partial charge in [-0.3, -0.25) is 24.0 Å². The van der Waals surface area contributed by atoms with Crippen LogP contribution in [0.15, 0.2) is 72.3 Å². The Bertz CT molecular complexity index is 2050. The van der Waals surface area contributed by atoms with Gasteiger partial charge >= 0.3 is 5.97 Å². The molecule has 0 spiro atoms. The number of ether oxygens (including phenoxy) is 1. The van der Waals surface area contributed by atoms with Crippen molar-refractivity contribution in [3.05, 3.63) is 83.4 Å². The summed E-state index contributed by atoms with van der Waals surface area (Å²) >= 11 is 0. The first kappa shape index (κ1) is 108. The predicted molar refractivity (Wildman–Crippen MR) is 432 cm³/mol. The first-order chi connectivity index (χ1) is 43.5. The van der Waals surface area contributed by atoms with Crippen LogP contribution in [0.4, 0.5) is 0 Å². The molecule has 2 aromatic carbocycles. The molecule has 0 aromatic heterocycles. The highest BCUT2D eigenvalue weighted by molar-refractivity contribution is 5.97. The Kier molecular flexibility index (Phi) is 71.6. The van der Waals surface area contributed by atoms with E-state index in [9.17, 15) is 24.0 Å². The molecule has 0 radical (unpaired) electrons. The second-order valence-corrected chi connectivity index (χ2v) is 35.5. The van der Waals surface area contributed by atoms with Gasteiger partial charge in [-0.05, 0) is 144 Å². The van der Waals surface area contributed by atoms with Crippen LogP contribution in [0.25, 0.3) is 0 Å². The molecule has 6 nitrogen and oxygen atoms in total. The van der Waals surface area contributed by atoms with E-state index in [4.69, 9.17) is 4.74 Å². The summed E-state index contributed by atoms with van der Waals surface area (Å²) in [6, 6.07) is 20.0. The van der Waals surface area contributed by atoms with Crippen molar-refractivity contribution < 1.29 is 28.7 Å². The quantitative estimate of drug-likeness (QED) is 0.0745. The third kappa shape index (κ3) is 99.0. The number of Topliss-reactive ketones (excluding diaryl/α,β-unsaturated/α-hetero) is 4. The third-order valence-corrected chi connectivity index (χ3v) is 14.4. The molecule has 4 rings (SSSR count). The van der Waals surface area contributed by atoms with E-state index in [0.29, 0.717) is 18.0 Å². The van der Waals surface area contributed by atoms with Crippen LogP contribution >= 0.6 is 0 Å². The Morgan fingerprint density at radius 3 is 1.01 bits per heavy atom. The number of ketones is 4. The highest BCUT2D eigenvalue weighted by Crippen LogP contribution is 2.36. The third-order valence-electron chi connectivity index (χ3n) is 14.4. The summed E-state index contributed by atoms with van der Waals surface area (Å²) in [5.74, 6) is 10.9. The van der Waals surface area contributed by atoms with Crippen molar-refractivity contribution in [1.29, 1.82) is 0 Å². The molecule has 0 bridgehead atoms. The molecule has 0 atom stereocenters. The van der Waals surface area contributed by atoms with Gasteiger partial charge in [0.1, 0.15) is 23.0 Å². The zero-order chi connectivity index (χ0) is 77.5. The zero-order valence-corrected chi connectivity index (χ0v) is 72.2. The minimum absolute atomic E-state index is 0.0285. The van der Waals surface area contributed by atoms with Gasteiger partial charge in [0.25, 0.3) is 0 Å². The van der Waals surface area contributed by atoms with E-state index in [1.807, 2.05) is 141 Å². The lowest BCUT2D eigenvalue weighted by Gasteiger charge is -2.20. The number of esters is 1. The van der Waals surface area contributed by atoms with Gasteiger partial charge in [-0.2, -0.15) is 0 Å². The highest BCUT2D eigenvalue weighted by atomic mass is 16.6. The lowest BCUT2D eigenvalue weighted by molar-refractivity contribution is -0.158. The van der Waals surface area contributed by atoms with Gasteiger partial charge in [0, 0.05) is 41.1 Å². The van der Waals surface area contributed by atoms with Crippen LogP contribution in [-0.4, -0.2) is 34.7 Å². The Morgan fingerprint density at radius 1 is 0.469 bits per heavy atom. The number of hydrogen-bond donors (Lipinski definition) is 0. The molecule has 0 amide bonds. The van der Waals surface area contributed by atoms with E-state index in [2.05, 4.69) is 196 Å². The fraction of sp³-hybridized carbons (Fsp3) is 0.789. The van der Waals surface area contributed by atoms with Crippen LogP contribution in [0.1, 0.15) is 370 Å². The molecule has 2 saturated carbocycles. The number of carbonyl (C=O) groups is 5.